The van der Waals surface area contributed by atoms with Crippen molar-refractivity contribution < 1.29 is 14.6 Å². The van der Waals surface area contributed by atoms with Crippen LogP contribution < -0.4 is 5.56 Å². The normalized spacial score (nSPS) is 23.2. The Morgan fingerprint density at radius 2 is 2.35 bits per heavy atom. The highest BCUT2D eigenvalue weighted by atomic mass is 16.5. The molecule has 2 N–H and O–H groups in total. The Morgan fingerprint density at radius 3 is 2.94 bits per heavy atom. The summed E-state index contributed by atoms with van der Waals surface area (Å²) >= 11 is 0. The van der Waals surface area contributed by atoms with Gasteiger partial charge in [-0.25, -0.2) is 4.79 Å². The number of nitrogens with one attached hydrogen (secondary N) is 1. The summed E-state index contributed by atoms with van der Waals surface area (Å²) in [6.07, 6.45) is 1.45. The number of pyridine rings is 1. The summed E-state index contributed by atoms with van der Waals surface area (Å²) in [5.74, 6) is -1.21. The Hall–Kier alpha value is -1.62. The number of ether oxygens (including phenoxy) is 1. The third-order valence-electron chi connectivity index (χ3n) is 3.32. The number of aromatic amines is 1. The summed E-state index contributed by atoms with van der Waals surface area (Å²) in [5.41, 5.74) is 0.494. The molecular weight excluding hydrogens is 222 g/mol. The fraction of sp³-hybridized carbons (Fsp3) is 0.500. The predicted octanol–water partition coefficient (Wildman–Crippen LogP) is 1.31. The molecule has 1 atom stereocenters. The van der Waals surface area contributed by atoms with Crippen LogP contribution in [0.25, 0.3) is 0 Å². The van der Waals surface area contributed by atoms with Gasteiger partial charge in [0.15, 0.2) is 0 Å². The maximum atomic E-state index is 11.6. The molecule has 17 heavy (non-hydrogen) atoms. The number of hydrogen-bond acceptors (Lipinski definition) is 3. The third kappa shape index (κ3) is 2.10. The highest BCUT2D eigenvalue weighted by Gasteiger charge is 2.30. The van der Waals surface area contributed by atoms with Crippen LogP contribution in [0.3, 0.4) is 0 Å². The number of H-pyrrole nitrogens is 1. The molecule has 1 aliphatic rings. The van der Waals surface area contributed by atoms with Gasteiger partial charge < -0.3 is 14.8 Å². The van der Waals surface area contributed by atoms with E-state index in [1.165, 1.54) is 6.07 Å². The van der Waals surface area contributed by atoms with Gasteiger partial charge in [0.25, 0.3) is 5.56 Å². The molecule has 0 fully saturated rings. The maximum absolute atomic E-state index is 11.6. The Balaban J connectivity index is 2.46. The van der Waals surface area contributed by atoms with E-state index in [4.69, 9.17) is 9.84 Å². The minimum absolute atomic E-state index is 0.229. The van der Waals surface area contributed by atoms with Crippen molar-refractivity contribution in [2.75, 3.05) is 0 Å². The van der Waals surface area contributed by atoms with Crippen molar-refractivity contribution in [2.24, 2.45) is 0 Å². The SMILES string of the molecule is CCC1(C)Cc2[nH]c(=O)c(C(=O)O)cc2CO1. The Kier molecular flexibility index (Phi) is 2.79. The summed E-state index contributed by atoms with van der Waals surface area (Å²) in [4.78, 5) is 25.0. The first-order valence-corrected chi connectivity index (χ1v) is 5.57. The van der Waals surface area contributed by atoms with Crippen molar-refractivity contribution in [3.63, 3.8) is 0 Å². The van der Waals surface area contributed by atoms with E-state index in [2.05, 4.69) is 4.98 Å². The zero-order valence-electron chi connectivity index (χ0n) is 9.87. The van der Waals surface area contributed by atoms with Gasteiger partial charge in [-0.05, 0) is 25.0 Å². The van der Waals surface area contributed by atoms with Crippen molar-refractivity contribution >= 4 is 5.97 Å². The molecule has 1 aliphatic heterocycles. The average molecular weight is 237 g/mol. The highest BCUT2D eigenvalue weighted by molar-refractivity contribution is 5.87. The van der Waals surface area contributed by atoms with Crippen LogP contribution in [0.15, 0.2) is 10.9 Å². The van der Waals surface area contributed by atoms with Gasteiger partial charge in [-0.2, -0.15) is 0 Å². The fourth-order valence-corrected chi connectivity index (χ4v) is 1.96. The minimum Gasteiger partial charge on any atom is -0.477 e. The van der Waals surface area contributed by atoms with Gasteiger partial charge in [-0.3, -0.25) is 4.79 Å². The smallest absolute Gasteiger partial charge is 0.341 e. The van der Waals surface area contributed by atoms with Gasteiger partial charge in [0.2, 0.25) is 0 Å². The van der Waals surface area contributed by atoms with Crippen LogP contribution in [0.1, 0.15) is 41.9 Å². The molecule has 0 amide bonds. The molecule has 0 aromatic carbocycles. The van der Waals surface area contributed by atoms with E-state index in [1.54, 1.807) is 0 Å². The third-order valence-corrected chi connectivity index (χ3v) is 3.32. The second-order valence-corrected chi connectivity index (χ2v) is 4.59. The summed E-state index contributed by atoms with van der Waals surface area (Å²) in [6, 6.07) is 1.41. The van der Waals surface area contributed by atoms with Crippen LogP contribution >= 0.6 is 0 Å². The van der Waals surface area contributed by atoms with Gasteiger partial charge in [0, 0.05) is 12.1 Å². The molecule has 1 aromatic rings. The lowest BCUT2D eigenvalue weighted by Crippen LogP contribution is -2.37. The molecule has 1 unspecified atom stereocenters. The lowest BCUT2D eigenvalue weighted by molar-refractivity contribution is -0.0575. The molecule has 0 saturated carbocycles. The summed E-state index contributed by atoms with van der Waals surface area (Å²) < 4.78 is 5.70. The molecule has 5 heteroatoms. The lowest BCUT2D eigenvalue weighted by Gasteiger charge is -2.34. The Morgan fingerprint density at radius 1 is 1.65 bits per heavy atom. The minimum atomic E-state index is -1.21. The van der Waals surface area contributed by atoms with Crippen LogP contribution in [-0.4, -0.2) is 21.7 Å². The van der Waals surface area contributed by atoms with Crippen molar-refractivity contribution in [3.8, 4) is 0 Å². The van der Waals surface area contributed by atoms with Crippen LogP contribution in [0.5, 0.6) is 0 Å². The maximum Gasteiger partial charge on any atom is 0.341 e. The molecule has 2 heterocycles. The molecule has 92 valence electrons. The number of carboxylic acids is 1. The highest BCUT2D eigenvalue weighted by Crippen LogP contribution is 2.28. The van der Waals surface area contributed by atoms with E-state index in [0.29, 0.717) is 13.0 Å². The van der Waals surface area contributed by atoms with Crippen LogP contribution in [-0.2, 0) is 17.8 Å². The van der Waals surface area contributed by atoms with E-state index in [1.807, 2.05) is 13.8 Å². The molecule has 0 spiro atoms. The number of aromatic carboxylic acids is 1. The Bertz CT molecular complexity index is 520. The second kappa shape index (κ2) is 4.00. The molecule has 1 aromatic heterocycles. The number of hydrogen-bond donors (Lipinski definition) is 2. The molecule has 0 aliphatic carbocycles. The number of carbonyl (C=O) groups is 1. The van der Waals surface area contributed by atoms with E-state index in [0.717, 1.165) is 17.7 Å². The first kappa shape index (κ1) is 11.9. The summed E-state index contributed by atoms with van der Waals surface area (Å²) in [5, 5.41) is 8.86. The average Bonchev–Trinajstić information content (AvgIpc) is 2.27. The van der Waals surface area contributed by atoms with E-state index in [-0.39, 0.29) is 11.2 Å². The van der Waals surface area contributed by atoms with E-state index < -0.39 is 11.5 Å². The summed E-state index contributed by atoms with van der Waals surface area (Å²) in [7, 11) is 0. The number of aromatic nitrogens is 1. The molecular formula is C12H15NO4. The Labute approximate surface area is 98.4 Å². The predicted molar refractivity (Wildman–Crippen MR) is 61.2 cm³/mol. The van der Waals surface area contributed by atoms with Gasteiger partial charge >= 0.3 is 5.97 Å². The van der Waals surface area contributed by atoms with Gasteiger partial charge in [-0.1, -0.05) is 6.92 Å². The molecule has 0 saturated heterocycles. The zero-order valence-corrected chi connectivity index (χ0v) is 9.87. The topological polar surface area (TPSA) is 79.4 Å². The van der Waals surface area contributed by atoms with E-state index in [9.17, 15) is 9.59 Å². The van der Waals surface area contributed by atoms with Crippen molar-refractivity contribution in [1.29, 1.82) is 0 Å². The summed E-state index contributed by atoms with van der Waals surface area (Å²) in [6.45, 7) is 4.35. The monoisotopic (exact) mass is 237 g/mol. The molecule has 0 bridgehead atoms. The standard InChI is InChI=1S/C12H15NO4/c1-3-12(2)5-9-7(6-17-12)4-8(11(15)16)10(14)13-9/h4H,3,5-6H2,1-2H3,(H,13,14)(H,15,16). The number of rotatable bonds is 2. The first-order valence-electron chi connectivity index (χ1n) is 5.57. The fourth-order valence-electron chi connectivity index (χ4n) is 1.96. The van der Waals surface area contributed by atoms with Crippen LogP contribution in [0.4, 0.5) is 0 Å². The quantitative estimate of drug-likeness (QED) is 0.812. The lowest BCUT2D eigenvalue weighted by atomic mass is 9.91. The number of carboxylic acid groups (broad SMARTS) is 1. The zero-order chi connectivity index (χ0) is 12.6. The van der Waals surface area contributed by atoms with E-state index >= 15 is 0 Å². The van der Waals surface area contributed by atoms with Gasteiger partial charge in [-0.15, -0.1) is 0 Å². The molecule has 2 rings (SSSR count). The molecule has 0 radical (unpaired) electrons. The van der Waals surface area contributed by atoms with Crippen molar-refractivity contribution in [2.45, 2.75) is 38.9 Å². The largest absolute Gasteiger partial charge is 0.477 e. The first-order chi connectivity index (χ1) is 7.95. The van der Waals surface area contributed by atoms with Gasteiger partial charge in [0.1, 0.15) is 5.56 Å². The van der Waals surface area contributed by atoms with Gasteiger partial charge in [0.05, 0.1) is 12.2 Å². The van der Waals surface area contributed by atoms with Crippen molar-refractivity contribution in [1.82, 2.24) is 4.98 Å². The molecule has 5 nitrogen and oxygen atoms in total. The second-order valence-electron chi connectivity index (χ2n) is 4.59. The number of fused-ring (bicyclic) bond motifs is 1. The van der Waals surface area contributed by atoms with Crippen LogP contribution in [0.2, 0.25) is 0 Å². The van der Waals surface area contributed by atoms with Crippen LogP contribution in [0, 0.1) is 0 Å². The van der Waals surface area contributed by atoms with Crippen molar-refractivity contribution in [3.05, 3.63) is 33.2 Å².